The molecule has 0 fully saturated rings. The molecule has 3 nitrogen and oxygen atoms in total. The van der Waals surface area contributed by atoms with Crippen molar-refractivity contribution in [3.05, 3.63) is 47.0 Å². The van der Waals surface area contributed by atoms with Gasteiger partial charge < -0.3 is 5.11 Å². The van der Waals surface area contributed by atoms with Crippen molar-refractivity contribution in [1.82, 2.24) is 4.90 Å². The lowest BCUT2D eigenvalue weighted by molar-refractivity contribution is -0.105. The van der Waals surface area contributed by atoms with Gasteiger partial charge in [0.15, 0.2) is 0 Å². The highest BCUT2D eigenvalue weighted by molar-refractivity contribution is 5.77. The van der Waals surface area contributed by atoms with Gasteiger partial charge in [-0.2, -0.15) is 0 Å². The summed E-state index contributed by atoms with van der Waals surface area (Å²) in [6.45, 7) is 2.21. The van der Waals surface area contributed by atoms with Crippen LogP contribution in [0.2, 0.25) is 0 Å². The van der Waals surface area contributed by atoms with E-state index in [-0.39, 0.29) is 6.61 Å². The molecule has 0 bridgehead atoms. The molecule has 0 spiro atoms. The number of benzene rings is 1. The number of carbonyl (C=O) groups is 1. The van der Waals surface area contributed by atoms with Gasteiger partial charge in [0.1, 0.15) is 12.9 Å². The van der Waals surface area contributed by atoms with E-state index >= 15 is 0 Å². The Hall–Kier alpha value is -1.89. The first kappa shape index (κ1) is 13.5. The Morgan fingerprint density at radius 1 is 1.32 bits per heavy atom. The van der Waals surface area contributed by atoms with Crippen LogP contribution in [-0.4, -0.2) is 36.0 Å². The number of aldehydes is 1. The van der Waals surface area contributed by atoms with Gasteiger partial charge >= 0.3 is 0 Å². The minimum Gasteiger partial charge on any atom is -0.384 e. The van der Waals surface area contributed by atoms with Gasteiger partial charge in [-0.3, -0.25) is 9.69 Å². The summed E-state index contributed by atoms with van der Waals surface area (Å²) < 4.78 is 0. The molecule has 0 amide bonds. The molecule has 0 aromatic heterocycles. The molecule has 1 aliphatic rings. The van der Waals surface area contributed by atoms with Gasteiger partial charge in [-0.15, -0.1) is 0 Å². The average Bonchev–Trinajstić information content (AvgIpc) is 2.47. The van der Waals surface area contributed by atoms with Crippen molar-refractivity contribution in [2.24, 2.45) is 0 Å². The van der Waals surface area contributed by atoms with Gasteiger partial charge in [-0.1, -0.05) is 42.2 Å². The van der Waals surface area contributed by atoms with Gasteiger partial charge in [0.2, 0.25) is 0 Å². The first-order valence-electron chi connectivity index (χ1n) is 6.36. The molecule has 19 heavy (non-hydrogen) atoms. The Morgan fingerprint density at radius 2 is 2.11 bits per heavy atom. The summed E-state index contributed by atoms with van der Waals surface area (Å²) in [5.74, 6) is 5.50. The van der Waals surface area contributed by atoms with E-state index in [0.29, 0.717) is 6.54 Å². The van der Waals surface area contributed by atoms with Crippen LogP contribution in [0.25, 0.3) is 0 Å². The SMILES string of the molecule is O=CC1=C(C#CCO)CCN(Cc2ccccc2)C1. The van der Waals surface area contributed by atoms with Crippen molar-refractivity contribution in [3.8, 4) is 11.8 Å². The number of hydrogen-bond acceptors (Lipinski definition) is 3. The van der Waals surface area contributed by atoms with Gasteiger partial charge in [0, 0.05) is 30.8 Å². The van der Waals surface area contributed by atoms with Gasteiger partial charge in [0.25, 0.3) is 0 Å². The van der Waals surface area contributed by atoms with Crippen LogP contribution in [0.1, 0.15) is 12.0 Å². The van der Waals surface area contributed by atoms with Gasteiger partial charge in [-0.25, -0.2) is 0 Å². The smallest absolute Gasteiger partial charge is 0.148 e. The van der Waals surface area contributed by atoms with Crippen LogP contribution < -0.4 is 0 Å². The second-order valence-electron chi connectivity index (χ2n) is 4.53. The first-order chi connectivity index (χ1) is 9.33. The molecule has 1 aromatic rings. The molecule has 3 heteroatoms. The molecule has 1 heterocycles. The first-order valence-corrected chi connectivity index (χ1v) is 6.36. The van der Waals surface area contributed by atoms with Crippen LogP contribution in [0.4, 0.5) is 0 Å². The molecule has 0 unspecified atom stereocenters. The van der Waals surface area contributed by atoms with Crippen molar-refractivity contribution in [1.29, 1.82) is 0 Å². The minimum atomic E-state index is -0.163. The van der Waals surface area contributed by atoms with E-state index in [1.165, 1.54) is 5.56 Å². The number of hydrogen-bond donors (Lipinski definition) is 1. The third kappa shape index (κ3) is 3.78. The number of rotatable bonds is 3. The van der Waals surface area contributed by atoms with E-state index in [4.69, 9.17) is 5.11 Å². The maximum Gasteiger partial charge on any atom is 0.148 e. The molecule has 98 valence electrons. The summed E-state index contributed by atoms with van der Waals surface area (Å²) in [6.07, 6.45) is 1.66. The number of aliphatic hydroxyl groups excluding tert-OH is 1. The molecule has 1 aromatic carbocycles. The number of nitrogens with zero attached hydrogens (tertiary/aromatic N) is 1. The van der Waals surface area contributed by atoms with Gasteiger partial charge in [-0.05, 0) is 12.0 Å². The van der Waals surface area contributed by atoms with Crippen LogP contribution in [0.3, 0.4) is 0 Å². The standard InChI is InChI=1S/C16H17NO2/c18-10-4-7-15-8-9-17(12-16(15)13-19)11-14-5-2-1-3-6-14/h1-3,5-6,13,18H,8-12H2. The second-order valence-corrected chi connectivity index (χ2v) is 4.53. The highest BCUT2D eigenvalue weighted by atomic mass is 16.2. The van der Waals surface area contributed by atoms with E-state index in [9.17, 15) is 4.79 Å². The Bertz CT molecular complexity index is 523. The van der Waals surface area contributed by atoms with Crippen LogP contribution in [0.5, 0.6) is 0 Å². The molecular weight excluding hydrogens is 238 g/mol. The van der Waals surface area contributed by atoms with E-state index in [1.54, 1.807) is 0 Å². The Balaban J connectivity index is 2.05. The third-order valence-electron chi connectivity index (χ3n) is 3.17. The summed E-state index contributed by atoms with van der Waals surface area (Å²) in [5.41, 5.74) is 2.86. The highest BCUT2D eigenvalue weighted by Gasteiger charge is 2.17. The minimum absolute atomic E-state index is 0.163. The fourth-order valence-electron chi connectivity index (χ4n) is 2.22. The quantitative estimate of drug-likeness (QED) is 0.655. The van der Waals surface area contributed by atoms with Gasteiger partial charge in [0.05, 0.1) is 0 Å². The van der Waals surface area contributed by atoms with Crippen LogP contribution >= 0.6 is 0 Å². The summed E-state index contributed by atoms with van der Waals surface area (Å²) in [5, 5.41) is 8.71. The Labute approximate surface area is 113 Å². The Morgan fingerprint density at radius 3 is 2.79 bits per heavy atom. The topological polar surface area (TPSA) is 40.5 Å². The van der Waals surface area contributed by atoms with E-state index in [2.05, 4.69) is 28.9 Å². The summed E-state index contributed by atoms with van der Waals surface area (Å²) in [6, 6.07) is 10.2. The summed E-state index contributed by atoms with van der Waals surface area (Å²) in [4.78, 5) is 13.4. The van der Waals surface area contributed by atoms with Crippen molar-refractivity contribution >= 4 is 6.29 Å². The normalized spacial score (nSPS) is 15.8. The Kier molecular flexibility index (Phi) is 4.91. The van der Waals surface area contributed by atoms with Crippen molar-refractivity contribution < 1.29 is 9.90 Å². The summed E-state index contributed by atoms with van der Waals surface area (Å²) >= 11 is 0. The van der Waals surface area contributed by atoms with E-state index in [1.807, 2.05) is 18.2 Å². The molecule has 1 aliphatic heterocycles. The number of carbonyl (C=O) groups excluding carboxylic acids is 1. The maximum absolute atomic E-state index is 11.1. The monoisotopic (exact) mass is 255 g/mol. The zero-order valence-corrected chi connectivity index (χ0v) is 10.8. The molecule has 0 saturated carbocycles. The predicted octanol–water partition coefficient (Wildman–Crippen LogP) is 1.38. The predicted molar refractivity (Wildman–Crippen MR) is 74.3 cm³/mol. The van der Waals surface area contributed by atoms with Crippen molar-refractivity contribution in [3.63, 3.8) is 0 Å². The van der Waals surface area contributed by atoms with Crippen LogP contribution in [0.15, 0.2) is 41.5 Å². The zero-order valence-electron chi connectivity index (χ0n) is 10.8. The largest absolute Gasteiger partial charge is 0.384 e. The fourth-order valence-corrected chi connectivity index (χ4v) is 2.22. The van der Waals surface area contributed by atoms with E-state index in [0.717, 1.165) is 36.9 Å². The zero-order chi connectivity index (χ0) is 13.5. The van der Waals surface area contributed by atoms with Crippen LogP contribution in [0, 0.1) is 11.8 Å². The lowest BCUT2D eigenvalue weighted by Gasteiger charge is -2.27. The average molecular weight is 255 g/mol. The van der Waals surface area contributed by atoms with Crippen LogP contribution in [-0.2, 0) is 11.3 Å². The molecule has 0 radical (unpaired) electrons. The summed E-state index contributed by atoms with van der Waals surface area (Å²) in [7, 11) is 0. The lowest BCUT2D eigenvalue weighted by atomic mass is 10.0. The molecule has 1 N–H and O–H groups in total. The molecule has 0 saturated heterocycles. The molecule has 2 rings (SSSR count). The molecular formula is C16H17NO2. The molecule has 0 aliphatic carbocycles. The second kappa shape index (κ2) is 6.89. The molecule has 0 atom stereocenters. The maximum atomic E-state index is 11.1. The third-order valence-corrected chi connectivity index (χ3v) is 3.17. The highest BCUT2D eigenvalue weighted by Crippen LogP contribution is 2.18. The fraction of sp³-hybridized carbons (Fsp3) is 0.312. The van der Waals surface area contributed by atoms with Crippen molar-refractivity contribution in [2.75, 3.05) is 19.7 Å². The number of aliphatic hydroxyl groups is 1. The van der Waals surface area contributed by atoms with Crippen molar-refractivity contribution in [2.45, 2.75) is 13.0 Å². The van der Waals surface area contributed by atoms with E-state index < -0.39 is 0 Å². The lowest BCUT2D eigenvalue weighted by Crippen LogP contribution is -2.31.